The van der Waals surface area contributed by atoms with E-state index in [0.29, 0.717) is 0 Å². The van der Waals surface area contributed by atoms with Gasteiger partial charge < -0.3 is 8.23 Å². The van der Waals surface area contributed by atoms with E-state index in [9.17, 15) is 0 Å². The molecule has 0 spiro atoms. The van der Waals surface area contributed by atoms with Gasteiger partial charge in [-0.1, -0.05) is 7.43 Å². The van der Waals surface area contributed by atoms with Crippen LogP contribution in [0.15, 0.2) is 0 Å². The molecular formula is C7H26O2Si3. The van der Waals surface area contributed by atoms with E-state index in [-0.39, 0.29) is 8.85 Å². The van der Waals surface area contributed by atoms with E-state index < -0.39 is 26.6 Å². The third-order valence-electron chi connectivity index (χ3n) is 0.984. The summed E-state index contributed by atoms with van der Waals surface area (Å²) in [6.45, 7) is 13.2. The van der Waals surface area contributed by atoms with Gasteiger partial charge >= 0.3 is 0 Å². The van der Waals surface area contributed by atoms with Crippen molar-refractivity contribution >= 4 is 26.6 Å². The molecular weight excluding hydrogens is 200 g/mol. The molecule has 0 aromatic heterocycles. The van der Waals surface area contributed by atoms with Crippen molar-refractivity contribution in [1.29, 1.82) is 0 Å². The lowest BCUT2D eigenvalue weighted by Crippen LogP contribution is -2.34. The Kier molecular flexibility index (Phi) is 6.69. The van der Waals surface area contributed by atoms with Crippen LogP contribution in [-0.2, 0) is 8.23 Å². The van der Waals surface area contributed by atoms with Gasteiger partial charge in [0.15, 0.2) is 16.6 Å². The fourth-order valence-electron chi connectivity index (χ4n) is 0.383. The van der Waals surface area contributed by atoms with Gasteiger partial charge in [-0.25, -0.2) is 0 Å². The first-order valence-electron chi connectivity index (χ1n) is 3.99. The van der Waals surface area contributed by atoms with E-state index in [2.05, 4.69) is 39.3 Å². The van der Waals surface area contributed by atoms with Gasteiger partial charge in [0.2, 0.25) is 0 Å². The molecule has 0 bridgehead atoms. The third-order valence-corrected chi connectivity index (χ3v) is 8.85. The number of rotatable bonds is 4. The average Bonchev–Trinajstić information content (AvgIpc) is 1.55. The summed E-state index contributed by atoms with van der Waals surface area (Å²) >= 11 is 0. The van der Waals surface area contributed by atoms with Crippen LogP contribution in [0.2, 0.25) is 39.3 Å². The highest BCUT2D eigenvalue weighted by Crippen LogP contribution is 2.05. The van der Waals surface area contributed by atoms with Crippen LogP contribution in [0, 0.1) is 0 Å². The minimum atomic E-state index is -1.30. The molecule has 0 N–H and O–H groups in total. The molecule has 5 heteroatoms. The lowest BCUT2D eigenvalue weighted by Gasteiger charge is -2.22. The van der Waals surface area contributed by atoms with Crippen LogP contribution in [0.25, 0.3) is 0 Å². The van der Waals surface area contributed by atoms with Gasteiger partial charge in [0.1, 0.15) is 0 Å². The fraction of sp³-hybridized carbons (Fsp3) is 1.00. The predicted molar refractivity (Wildman–Crippen MR) is 66.3 cm³/mol. The van der Waals surface area contributed by atoms with Crippen molar-refractivity contribution in [2.24, 2.45) is 0 Å². The molecule has 0 aliphatic carbocycles. The summed E-state index contributed by atoms with van der Waals surface area (Å²) in [5, 5.41) is 0. The normalized spacial score (nSPS) is 12.5. The highest BCUT2D eigenvalue weighted by atomic mass is 28.4. The zero-order valence-corrected chi connectivity index (χ0v) is 11.9. The van der Waals surface area contributed by atoms with Crippen molar-refractivity contribution < 1.29 is 9.66 Å². The van der Waals surface area contributed by atoms with Gasteiger partial charge in [0, 0.05) is 1.43 Å². The van der Waals surface area contributed by atoms with Crippen molar-refractivity contribution in [2.45, 2.75) is 46.7 Å². The third kappa shape index (κ3) is 13.2. The molecule has 78 valence electrons. The molecule has 0 saturated heterocycles. The first kappa shape index (κ1) is 15.1. The second-order valence-corrected chi connectivity index (χ2v) is 15.6. The molecule has 2 nitrogen and oxygen atoms in total. The van der Waals surface area contributed by atoms with Gasteiger partial charge in [0.05, 0.1) is 0 Å². The lowest BCUT2D eigenvalue weighted by atomic mass is 11.8. The average molecular weight is 227 g/mol. The molecule has 0 aromatic rings. The van der Waals surface area contributed by atoms with E-state index in [1.165, 1.54) is 0 Å². The monoisotopic (exact) mass is 226 g/mol. The molecule has 0 rings (SSSR count). The second kappa shape index (κ2) is 5.33. The minimum absolute atomic E-state index is 0. The lowest BCUT2D eigenvalue weighted by molar-refractivity contribution is 0.457. The minimum Gasteiger partial charge on any atom is -0.441 e. The van der Waals surface area contributed by atoms with Crippen molar-refractivity contribution in [2.75, 3.05) is 0 Å². The summed E-state index contributed by atoms with van der Waals surface area (Å²) in [5.74, 6) is 0. The summed E-state index contributed by atoms with van der Waals surface area (Å²) in [6.07, 6.45) is 0. The topological polar surface area (TPSA) is 18.5 Å². The van der Waals surface area contributed by atoms with Crippen molar-refractivity contribution in [3.05, 3.63) is 0 Å². The Morgan fingerprint density at radius 3 is 1.25 bits per heavy atom. The molecule has 0 atom stereocenters. The zero-order valence-electron chi connectivity index (χ0n) is 8.52. The van der Waals surface area contributed by atoms with Gasteiger partial charge in [-0.3, -0.25) is 0 Å². The van der Waals surface area contributed by atoms with Crippen LogP contribution in [-0.4, -0.2) is 26.6 Å². The Labute approximate surface area is 83.5 Å². The maximum absolute atomic E-state index is 5.70. The van der Waals surface area contributed by atoms with E-state index in [1.807, 2.05) is 0 Å². The first-order chi connectivity index (χ1) is 4.71. The highest BCUT2D eigenvalue weighted by Gasteiger charge is 2.18. The molecule has 0 amide bonds. The SMILES string of the molecule is C.C[Si](C)(C)O[SiH2]O[Si](C)(C)C.[HH]. The summed E-state index contributed by atoms with van der Waals surface area (Å²) in [7, 11) is -3.27. The van der Waals surface area contributed by atoms with Crippen LogP contribution < -0.4 is 0 Å². The van der Waals surface area contributed by atoms with E-state index >= 15 is 0 Å². The second-order valence-electron chi connectivity index (χ2n) is 4.63. The molecule has 0 saturated carbocycles. The van der Waals surface area contributed by atoms with Crippen LogP contribution in [0.1, 0.15) is 8.85 Å². The molecule has 0 unspecified atom stereocenters. The Morgan fingerprint density at radius 2 is 1.08 bits per heavy atom. The Morgan fingerprint density at radius 1 is 0.833 bits per heavy atom. The van der Waals surface area contributed by atoms with Crippen LogP contribution in [0.4, 0.5) is 0 Å². The van der Waals surface area contributed by atoms with Gasteiger partial charge in [-0.15, -0.1) is 0 Å². The van der Waals surface area contributed by atoms with Gasteiger partial charge in [-0.05, 0) is 39.3 Å². The Hall–Kier alpha value is 0.571. The van der Waals surface area contributed by atoms with Crippen LogP contribution in [0.3, 0.4) is 0 Å². The zero-order chi connectivity index (χ0) is 9.12. The van der Waals surface area contributed by atoms with Crippen LogP contribution >= 0.6 is 0 Å². The maximum Gasteiger partial charge on any atom is 0.283 e. The van der Waals surface area contributed by atoms with E-state index in [1.54, 1.807) is 0 Å². The summed E-state index contributed by atoms with van der Waals surface area (Å²) in [6, 6.07) is 0. The van der Waals surface area contributed by atoms with Crippen molar-refractivity contribution in [3.63, 3.8) is 0 Å². The standard InChI is InChI=1S/C6H20O2Si3.CH4.H2/c1-10(2,3)7-9-8-11(4,5)6;;/h9H2,1-6H3;1H4;1H. The number of hydrogen-bond acceptors (Lipinski definition) is 2. The largest absolute Gasteiger partial charge is 0.441 e. The molecule has 12 heavy (non-hydrogen) atoms. The Balaban J connectivity index is -0.000000500. The predicted octanol–water partition coefficient (Wildman–Crippen LogP) is 2.57. The van der Waals surface area contributed by atoms with E-state index in [0.717, 1.165) is 0 Å². The Bertz CT molecular complexity index is 106. The molecule has 0 aliphatic heterocycles. The molecule has 0 heterocycles. The van der Waals surface area contributed by atoms with Crippen LogP contribution in [0.5, 0.6) is 0 Å². The van der Waals surface area contributed by atoms with Crippen molar-refractivity contribution in [3.8, 4) is 0 Å². The fourth-order valence-corrected chi connectivity index (χ4v) is 3.98. The summed E-state index contributed by atoms with van der Waals surface area (Å²) < 4.78 is 11.4. The highest BCUT2D eigenvalue weighted by molar-refractivity contribution is 6.77. The molecule has 0 aliphatic rings. The molecule has 0 aromatic carbocycles. The number of hydrogen-bond donors (Lipinski definition) is 0. The van der Waals surface area contributed by atoms with Crippen molar-refractivity contribution in [1.82, 2.24) is 0 Å². The first-order valence-corrected chi connectivity index (χ1v) is 12.0. The smallest absolute Gasteiger partial charge is 0.283 e. The molecule has 0 radical (unpaired) electrons. The molecule has 0 fully saturated rings. The quantitative estimate of drug-likeness (QED) is 0.686. The van der Waals surface area contributed by atoms with Gasteiger partial charge in [0.25, 0.3) is 10.0 Å². The van der Waals surface area contributed by atoms with E-state index in [4.69, 9.17) is 8.23 Å². The maximum atomic E-state index is 5.70. The summed E-state index contributed by atoms with van der Waals surface area (Å²) in [5.41, 5.74) is 0. The van der Waals surface area contributed by atoms with Gasteiger partial charge in [-0.2, -0.15) is 0 Å². The summed E-state index contributed by atoms with van der Waals surface area (Å²) in [4.78, 5) is 0.